The topological polar surface area (TPSA) is 52.6 Å². The lowest BCUT2D eigenvalue weighted by molar-refractivity contribution is -0.131. The van der Waals surface area contributed by atoms with Crippen molar-refractivity contribution in [3.63, 3.8) is 0 Å². The molecule has 0 heterocycles. The zero-order chi connectivity index (χ0) is 20.4. The van der Waals surface area contributed by atoms with Crippen LogP contribution in [-0.4, -0.2) is 11.9 Å². The van der Waals surface area contributed by atoms with Crippen molar-refractivity contribution in [1.82, 2.24) is 0 Å². The summed E-state index contributed by atoms with van der Waals surface area (Å²) in [6, 6.07) is 7.58. The van der Waals surface area contributed by atoms with Gasteiger partial charge in [0, 0.05) is 16.7 Å². The van der Waals surface area contributed by atoms with Crippen LogP contribution in [0.15, 0.2) is 54.6 Å². The molecular weight excluding hydrogens is 359 g/mol. The zero-order valence-electron chi connectivity index (χ0n) is 15.9. The molecule has 0 N–H and O–H groups in total. The number of rotatable bonds is 5. The number of hydrogen-bond donors (Lipinski definition) is 0. The SMILES string of the molecule is C=C(C)C(=O)Oc1ccc(F)c(-c2ccc(OC(=O)C(=C)C)c3c2CCC3)c1. The van der Waals surface area contributed by atoms with Gasteiger partial charge in [-0.05, 0) is 74.1 Å². The average molecular weight is 380 g/mol. The summed E-state index contributed by atoms with van der Waals surface area (Å²) in [5.41, 5.74) is 3.45. The molecule has 0 amide bonds. The molecule has 0 unspecified atom stereocenters. The fraction of sp³-hybridized carbons (Fsp3) is 0.217. The number of fused-ring (bicyclic) bond motifs is 1. The van der Waals surface area contributed by atoms with Gasteiger partial charge in [-0.3, -0.25) is 0 Å². The minimum Gasteiger partial charge on any atom is -0.423 e. The number of esters is 2. The molecule has 0 saturated carbocycles. The third-order valence-corrected chi connectivity index (χ3v) is 4.58. The quantitative estimate of drug-likeness (QED) is 0.419. The number of hydrogen-bond acceptors (Lipinski definition) is 4. The first-order chi connectivity index (χ1) is 13.3. The molecule has 1 aliphatic rings. The summed E-state index contributed by atoms with van der Waals surface area (Å²) in [6.45, 7) is 10.3. The molecule has 0 bridgehead atoms. The lowest BCUT2D eigenvalue weighted by Crippen LogP contribution is -2.10. The Morgan fingerprint density at radius 2 is 1.54 bits per heavy atom. The van der Waals surface area contributed by atoms with E-state index in [0.717, 1.165) is 30.4 Å². The Balaban J connectivity index is 2.02. The van der Waals surface area contributed by atoms with Gasteiger partial charge in [-0.1, -0.05) is 19.2 Å². The Kier molecular flexibility index (Phi) is 5.45. The van der Waals surface area contributed by atoms with E-state index in [1.807, 2.05) is 0 Å². The van der Waals surface area contributed by atoms with Gasteiger partial charge >= 0.3 is 11.9 Å². The van der Waals surface area contributed by atoms with E-state index in [1.54, 1.807) is 26.0 Å². The molecule has 4 nitrogen and oxygen atoms in total. The monoisotopic (exact) mass is 380 g/mol. The van der Waals surface area contributed by atoms with E-state index in [0.29, 0.717) is 22.4 Å². The van der Waals surface area contributed by atoms with Crippen LogP contribution in [0, 0.1) is 5.82 Å². The summed E-state index contributed by atoms with van der Waals surface area (Å²) in [5.74, 6) is -0.745. The highest BCUT2D eigenvalue weighted by Gasteiger charge is 2.23. The van der Waals surface area contributed by atoms with E-state index < -0.39 is 17.8 Å². The van der Waals surface area contributed by atoms with Crippen LogP contribution in [0.2, 0.25) is 0 Å². The van der Waals surface area contributed by atoms with E-state index in [-0.39, 0.29) is 11.3 Å². The van der Waals surface area contributed by atoms with E-state index in [4.69, 9.17) is 9.47 Å². The summed E-state index contributed by atoms with van der Waals surface area (Å²) in [6.07, 6.45) is 2.38. The first kappa shape index (κ1) is 19.5. The van der Waals surface area contributed by atoms with Crippen molar-refractivity contribution in [3.8, 4) is 22.6 Å². The van der Waals surface area contributed by atoms with Gasteiger partial charge in [0.1, 0.15) is 17.3 Å². The van der Waals surface area contributed by atoms with Crippen LogP contribution in [0.1, 0.15) is 31.4 Å². The standard InChI is InChI=1S/C23H21FO4/c1-13(2)22(25)27-15-8-10-20(24)19(12-15)17-9-11-21(28-23(26)14(3)4)18-7-5-6-16(17)18/h8-12H,1,3,5-7H2,2,4H3. The van der Waals surface area contributed by atoms with Gasteiger partial charge in [-0.15, -0.1) is 0 Å². The highest BCUT2D eigenvalue weighted by atomic mass is 19.1. The van der Waals surface area contributed by atoms with Crippen molar-refractivity contribution in [2.24, 2.45) is 0 Å². The van der Waals surface area contributed by atoms with Crippen molar-refractivity contribution < 1.29 is 23.5 Å². The third-order valence-electron chi connectivity index (χ3n) is 4.58. The number of ether oxygens (including phenoxy) is 2. The molecule has 2 aromatic rings. The summed E-state index contributed by atoms with van der Waals surface area (Å²) < 4.78 is 25.2. The summed E-state index contributed by atoms with van der Waals surface area (Å²) in [5, 5.41) is 0. The molecule has 0 fully saturated rings. The van der Waals surface area contributed by atoms with Crippen LogP contribution in [-0.2, 0) is 22.4 Å². The predicted octanol–water partition coefficient (Wildman–Crippen LogP) is 4.94. The van der Waals surface area contributed by atoms with Crippen LogP contribution < -0.4 is 9.47 Å². The lowest BCUT2D eigenvalue weighted by atomic mass is 9.95. The van der Waals surface area contributed by atoms with Gasteiger partial charge in [0.2, 0.25) is 0 Å². The lowest BCUT2D eigenvalue weighted by Gasteiger charge is -2.15. The number of carbonyl (C=O) groups is 2. The Morgan fingerprint density at radius 3 is 2.21 bits per heavy atom. The normalized spacial score (nSPS) is 12.2. The van der Waals surface area contributed by atoms with Crippen molar-refractivity contribution in [3.05, 3.63) is 71.6 Å². The second-order valence-electron chi connectivity index (χ2n) is 6.90. The van der Waals surface area contributed by atoms with Gasteiger partial charge in [-0.2, -0.15) is 0 Å². The average Bonchev–Trinajstić information content (AvgIpc) is 3.13. The zero-order valence-corrected chi connectivity index (χ0v) is 15.9. The minimum atomic E-state index is -0.565. The van der Waals surface area contributed by atoms with E-state index in [9.17, 15) is 14.0 Å². The Hall–Kier alpha value is -3.21. The van der Waals surface area contributed by atoms with Gasteiger partial charge in [-0.25, -0.2) is 14.0 Å². The van der Waals surface area contributed by atoms with Gasteiger partial charge in [0.05, 0.1) is 0 Å². The fourth-order valence-corrected chi connectivity index (χ4v) is 3.18. The van der Waals surface area contributed by atoms with Crippen LogP contribution in [0.4, 0.5) is 4.39 Å². The van der Waals surface area contributed by atoms with E-state index in [1.165, 1.54) is 18.2 Å². The van der Waals surface area contributed by atoms with Crippen LogP contribution in [0.25, 0.3) is 11.1 Å². The maximum Gasteiger partial charge on any atom is 0.338 e. The first-order valence-electron chi connectivity index (χ1n) is 8.98. The molecular formula is C23H21FO4. The van der Waals surface area contributed by atoms with Crippen molar-refractivity contribution in [2.75, 3.05) is 0 Å². The number of carbonyl (C=O) groups excluding carboxylic acids is 2. The second-order valence-corrected chi connectivity index (χ2v) is 6.90. The molecule has 5 heteroatoms. The fourth-order valence-electron chi connectivity index (χ4n) is 3.18. The highest BCUT2D eigenvalue weighted by molar-refractivity contribution is 5.90. The van der Waals surface area contributed by atoms with E-state index >= 15 is 0 Å². The summed E-state index contributed by atoms with van der Waals surface area (Å²) in [4.78, 5) is 23.6. The van der Waals surface area contributed by atoms with Crippen molar-refractivity contribution in [2.45, 2.75) is 33.1 Å². The van der Waals surface area contributed by atoms with Crippen molar-refractivity contribution in [1.29, 1.82) is 0 Å². The van der Waals surface area contributed by atoms with Gasteiger partial charge in [0.15, 0.2) is 0 Å². The van der Waals surface area contributed by atoms with Crippen LogP contribution >= 0.6 is 0 Å². The molecule has 0 spiro atoms. The van der Waals surface area contributed by atoms with Gasteiger partial charge < -0.3 is 9.47 Å². The molecule has 1 aliphatic carbocycles. The Bertz CT molecular complexity index is 1000. The van der Waals surface area contributed by atoms with Crippen LogP contribution in [0.3, 0.4) is 0 Å². The number of halogens is 1. The van der Waals surface area contributed by atoms with E-state index in [2.05, 4.69) is 13.2 Å². The number of benzene rings is 2. The minimum absolute atomic E-state index is 0.244. The Labute approximate surface area is 163 Å². The molecule has 144 valence electrons. The highest BCUT2D eigenvalue weighted by Crippen LogP contribution is 2.40. The summed E-state index contributed by atoms with van der Waals surface area (Å²) in [7, 11) is 0. The third kappa shape index (κ3) is 3.88. The molecule has 0 radical (unpaired) electrons. The Morgan fingerprint density at radius 1 is 0.893 bits per heavy atom. The molecule has 3 rings (SSSR count). The first-order valence-corrected chi connectivity index (χ1v) is 8.98. The molecule has 2 aromatic carbocycles. The molecule has 28 heavy (non-hydrogen) atoms. The second kappa shape index (κ2) is 7.80. The maximum atomic E-state index is 14.6. The molecule has 0 saturated heterocycles. The molecule has 0 aliphatic heterocycles. The van der Waals surface area contributed by atoms with Crippen LogP contribution in [0.5, 0.6) is 11.5 Å². The summed E-state index contributed by atoms with van der Waals surface area (Å²) >= 11 is 0. The smallest absolute Gasteiger partial charge is 0.338 e. The molecule has 0 atom stereocenters. The van der Waals surface area contributed by atoms with Gasteiger partial charge in [0.25, 0.3) is 0 Å². The predicted molar refractivity (Wildman–Crippen MR) is 105 cm³/mol. The molecule has 0 aromatic heterocycles. The maximum absolute atomic E-state index is 14.6. The van der Waals surface area contributed by atoms with Crippen molar-refractivity contribution >= 4 is 11.9 Å². The largest absolute Gasteiger partial charge is 0.423 e.